The largest absolute Gasteiger partial charge is 0.342 e. The van der Waals surface area contributed by atoms with E-state index in [1.54, 1.807) is 11.0 Å². The molecule has 1 aliphatic carbocycles. The Bertz CT molecular complexity index is 762. The van der Waals surface area contributed by atoms with Crippen LogP contribution < -0.4 is 5.32 Å². The monoisotopic (exact) mass is 339 g/mol. The smallest absolute Gasteiger partial charge is 0.227 e. The zero-order valence-corrected chi connectivity index (χ0v) is 14.0. The van der Waals surface area contributed by atoms with Crippen LogP contribution in [0.1, 0.15) is 25.7 Å². The Kier molecular flexibility index (Phi) is 4.21. The molecule has 1 aliphatic heterocycles. The standard InChI is InChI=1S/C18H21N5O2/c24-17(13-7-9-22(10-8-13)18(25)14-5-6-14)21-15-3-1-2-4-16(15)23-12-19-11-20-23/h1-4,11-14H,5-10H2,(H,21,24). The number of nitrogens with one attached hydrogen (secondary N) is 1. The molecule has 0 atom stereocenters. The van der Waals surface area contributed by atoms with Gasteiger partial charge in [-0.2, -0.15) is 5.10 Å². The number of para-hydroxylation sites is 2. The van der Waals surface area contributed by atoms with Gasteiger partial charge in [0.2, 0.25) is 11.8 Å². The maximum Gasteiger partial charge on any atom is 0.227 e. The van der Waals surface area contributed by atoms with E-state index in [-0.39, 0.29) is 23.7 Å². The zero-order valence-electron chi connectivity index (χ0n) is 14.0. The van der Waals surface area contributed by atoms with E-state index < -0.39 is 0 Å². The quantitative estimate of drug-likeness (QED) is 0.922. The Labute approximate surface area is 146 Å². The molecule has 7 heteroatoms. The summed E-state index contributed by atoms with van der Waals surface area (Å²) in [5.41, 5.74) is 1.50. The number of anilines is 1. The highest BCUT2D eigenvalue weighted by molar-refractivity contribution is 5.94. The number of aromatic nitrogens is 3. The van der Waals surface area contributed by atoms with Gasteiger partial charge in [-0.25, -0.2) is 9.67 Å². The molecule has 4 rings (SSSR count). The van der Waals surface area contributed by atoms with Gasteiger partial charge >= 0.3 is 0 Å². The first-order valence-electron chi connectivity index (χ1n) is 8.76. The van der Waals surface area contributed by atoms with E-state index in [1.165, 1.54) is 6.33 Å². The number of rotatable bonds is 4. The fourth-order valence-electron chi connectivity index (χ4n) is 3.30. The van der Waals surface area contributed by atoms with Crippen molar-refractivity contribution in [2.24, 2.45) is 11.8 Å². The number of likely N-dealkylation sites (tertiary alicyclic amines) is 1. The van der Waals surface area contributed by atoms with E-state index in [0.29, 0.717) is 13.1 Å². The minimum Gasteiger partial charge on any atom is -0.342 e. The number of benzene rings is 1. The van der Waals surface area contributed by atoms with Gasteiger partial charge in [0.05, 0.1) is 11.4 Å². The van der Waals surface area contributed by atoms with Gasteiger partial charge in [0.25, 0.3) is 0 Å². The van der Waals surface area contributed by atoms with Crippen molar-refractivity contribution in [2.45, 2.75) is 25.7 Å². The Balaban J connectivity index is 1.39. The van der Waals surface area contributed by atoms with Gasteiger partial charge in [0.15, 0.2) is 0 Å². The van der Waals surface area contributed by atoms with Crippen molar-refractivity contribution in [3.05, 3.63) is 36.9 Å². The summed E-state index contributed by atoms with van der Waals surface area (Å²) in [6.45, 7) is 1.36. The second kappa shape index (κ2) is 6.66. The molecule has 1 aromatic heterocycles. The summed E-state index contributed by atoms with van der Waals surface area (Å²) >= 11 is 0. The fraction of sp³-hybridized carbons (Fsp3) is 0.444. The number of nitrogens with zero attached hydrogens (tertiary/aromatic N) is 4. The predicted octanol–water partition coefficient (Wildman–Crippen LogP) is 1.85. The lowest BCUT2D eigenvalue weighted by Gasteiger charge is -2.31. The molecule has 2 aromatic rings. The molecular weight excluding hydrogens is 318 g/mol. The zero-order chi connectivity index (χ0) is 17.2. The van der Waals surface area contributed by atoms with E-state index in [0.717, 1.165) is 37.1 Å². The maximum absolute atomic E-state index is 12.7. The van der Waals surface area contributed by atoms with E-state index in [1.807, 2.05) is 29.2 Å². The molecule has 0 radical (unpaired) electrons. The lowest BCUT2D eigenvalue weighted by atomic mass is 9.95. The summed E-state index contributed by atoms with van der Waals surface area (Å²) in [6.07, 6.45) is 6.56. The highest BCUT2D eigenvalue weighted by atomic mass is 16.2. The Morgan fingerprint density at radius 2 is 1.80 bits per heavy atom. The van der Waals surface area contributed by atoms with Crippen LogP contribution in [0.4, 0.5) is 5.69 Å². The minimum absolute atomic E-state index is 0.00564. The average molecular weight is 339 g/mol. The number of carbonyl (C=O) groups excluding carboxylic acids is 2. The van der Waals surface area contributed by atoms with Crippen molar-refractivity contribution in [3.8, 4) is 5.69 Å². The number of hydrogen-bond acceptors (Lipinski definition) is 4. The van der Waals surface area contributed by atoms with Gasteiger partial charge in [-0.05, 0) is 37.8 Å². The highest BCUT2D eigenvalue weighted by Crippen LogP contribution is 2.32. The first-order valence-corrected chi connectivity index (χ1v) is 8.76. The number of hydrogen-bond donors (Lipinski definition) is 1. The third-order valence-corrected chi connectivity index (χ3v) is 4.93. The second-order valence-corrected chi connectivity index (χ2v) is 6.72. The maximum atomic E-state index is 12.7. The Hall–Kier alpha value is -2.70. The summed E-state index contributed by atoms with van der Waals surface area (Å²) in [4.78, 5) is 30.6. The lowest BCUT2D eigenvalue weighted by Crippen LogP contribution is -2.42. The van der Waals surface area contributed by atoms with Crippen molar-refractivity contribution in [1.82, 2.24) is 19.7 Å². The summed E-state index contributed by atoms with van der Waals surface area (Å²) in [5.74, 6) is 0.466. The molecule has 2 heterocycles. The average Bonchev–Trinajstić information content (AvgIpc) is 3.36. The van der Waals surface area contributed by atoms with E-state index in [2.05, 4.69) is 15.4 Å². The molecule has 0 unspecified atom stereocenters. The summed E-state index contributed by atoms with van der Waals surface area (Å²) < 4.78 is 1.63. The first-order chi connectivity index (χ1) is 12.2. The van der Waals surface area contributed by atoms with Crippen LogP contribution in [0.5, 0.6) is 0 Å². The predicted molar refractivity (Wildman–Crippen MR) is 92.0 cm³/mol. The van der Waals surface area contributed by atoms with Crippen molar-refractivity contribution in [2.75, 3.05) is 18.4 Å². The van der Waals surface area contributed by atoms with Gasteiger partial charge in [-0.15, -0.1) is 0 Å². The van der Waals surface area contributed by atoms with Crippen molar-refractivity contribution in [3.63, 3.8) is 0 Å². The van der Waals surface area contributed by atoms with E-state index in [9.17, 15) is 9.59 Å². The van der Waals surface area contributed by atoms with Crippen LogP contribution in [-0.4, -0.2) is 44.6 Å². The van der Waals surface area contributed by atoms with Crippen LogP contribution >= 0.6 is 0 Å². The minimum atomic E-state index is -0.0629. The number of amides is 2. The van der Waals surface area contributed by atoms with Crippen LogP contribution in [0.2, 0.25) is 0 Å². The van der Waals surface area contributed by atoms with Crippen LogP contribution in [0.15, 0.2) is 36.9 Å². The fourth-order valence-corrected chi connectivity index (χ4v) is 3.30. The summed E-state index contributed by atoms with van der Waals surface area (Å²) in [6, 6.07) is 7.53. The number of piperidine rings is 1. The Morgan fingerprint density at radius 1 is 1.04 bits per heavy atom. The van der Waals surface area contributed by atoms with Crippen molar-refractivity contribution in [1.29, 1.82) is 0 Å². The molecule has 2 amide bonds. The van der Waals surface area contributed by atoms with Gasteiger partial charge in [0, 0.05) is 24.9 Å². The molecule has 2 aliphatic rings. The van der Waals surface area contributed by atoms with Gasteiger partial charge in [-0.3, -0.25) is 9.59 Å². The van der Waals surface area contributed by atoms with Crippen LogP contribution in [0, 0.1) is 11.8 Å². The second-order valence-electron chi connectivity index (χ2n) is 6.72. The first kappa shape index (κ1) is 15.8. The van der Waals surface area contributed by atoms with Crippen LogP contribution in [0.25, 0.3) is 5.69 Å². The molecule has 25 heavy (non-hydrogen) atoms. The molecule has 130 valence electrons. The topological polar surface area (TPSA) is 80.1 Å². The highest BCUT2D eigenvalue weighted by Gasteiger charge is 2.36. The van der Waals surface area contributed by atoms with Gasteiger partial charge in [-0.1, -0.05) is 12.1 Å². The van der Waals surface area contributed by atoms with Crippen molar-refractivity contribution >= 4 is 17.5 Å². The molecule has 1 N–H and O–H groups in total. The Morgan fingerprint density at radius 3 is 2.48 bits per heavy atom. The SMILES string of the molecule is O=C(Nc1ccccc1-n1cncn1)C1CCN(C(=O)C2CC2)CC1. The van der Waals surface area contributed by atoms with Crippen molar-refractivity contribution < 1.29 is 9.59 Å². The van der Waals surface area contributed by atoms with Gasteiger partial charge in [0.1, 0.15) is 12.7 Å². The molecule has 1 aromatic carbocycles. The molecule has 2 fully saturated rings. The van der Waals surface area contributed by atoms with E-state index >= 15 is 0 Å². The van der Waals surface area contributed by atoms with Gasteiger partial charge < -0.3 is 10.2 Å². The molecule has 0 bridgehead atoms. The molecule has 1 saturated heterocycles. The third-order valence-electron chi connectivity index (χ3n) is 4.93. The molecule has 1 saturated carbocycles. The van der Waals surface area contributed by atoms with Crippen LogP contribution in [-0.2, 0) is 9.59 Å². The summed E-state index contributed by atoms with van der Waals surface area (Å²) in [5, 5.41) is 7.15. The molecular formula is C18H21N5O2. The van der Waals surface area contributed by atoms with Crippen LogP contribution in [0.3, 0.4) is 0 Å². The molecule has 7 nitrogen and oxygen atoms in total. The molecule has 0 spiro atoms. The summed E-state index contributed by atoms with van der Waals surface area (Å²) in [7, 11) is 0. The normalized spacial score (nSPS) is 18.2. The lowest BCUT2D eigenvalue weighted by molar-refractivity contribution is -0.135. The third kappa shape index (κ3) is 3.40. The van der Waals surface area contributed by atoms with E-state index in [4.69, 9.17) is 0 Å². The number of carbonyl (C=O) groups is 2.